The molecule has 0 aromatic carbocycles. The van der Waals surface area contributed by atoms with Crippen molar-refractivity contribution in [3.63, 3.8) is 0 Å². The van der Waals surface area contributed by atoms with Crippen LogP contribution in [0.15, 0.2) is 0 Å². The third-order valence-electron chi connectivity index (χ3n) is 1.91. The van der Waals surface area contributed by atoms with Gasteiger partial charge in [-0.25, -0.2) is 0 Å². The number of fused-ring (bicyclic) bond motifs is 1. The molecule has 1 aliphatic rings. The second kappa shape index (κ2) is 1.59. The van der Waals surface area contributed by atoms with Crippen LogP contribution in [0.2, 0.25) is 0 Å². The van der Waals surface area contributed by atoms with E-state index in [1.165, 1.54) is 30.5 Å². The summed E-state index contributed by atoms with van der Waals surface area (Å²) in [5, 5.41) is 4.03. The van der Waals surface area contributed by atoms with Crippen molar-refractivity contribution in [2.24, 2.45) is 7.05 Å². The largest absolute Gasteiger partial charge is 0.272 e. The SMILES string of the molecule is Cn1n[c]c2c1CCC2. The Kier molecular flexibility index (Phi) is 0.891. The van der Waals surface area contributed by atoms with Gasteiger partial charge in [0.25, 0.3) is 0 Å². The molecule has 0 spiro atoms. The molecule has 0 atom stereocenters. The van der Waals surface area contributed by atoms with E-state index >= 15 is 0 Å². The Hall–Kier alpha value is -0.790. The number of nitrogens with zero attached hydrogens (tertiary/aromatic N) is 2. The fraction of sp³-hybridized carbons (Fsp3) is 0.571. The monoisotopic (exact) mass is 121 g/mol. The highest BCUT2D eigenvalue weighted by Gasteiger charge is 2.14. The lowest BCUT2D eigenvalue weighted by molar-refractivity contribution is 0.704. The van der Waals surface area contributed by atoms with Crippen molar-refractivity contribution in [2.75, 3.05) is 0 Å². The molecule has 0 saturated carbocycles. The first kappa shape index (κ1) is 5.03. The zero-order valence-corrected chi connectivity index (χ0v) is 5.52. The van der Waals surface area contributed by atoms with E-state index in [0.29, 0.717) is 0 Å². The highest BCUT2D eigenvalue weighted by atomic mass is 15.3. The van der Waals surface area contributed by atoms with E-state index in [-0.39, 0.29) is 0 Å². The predicted molar refractivity (Wildman–Crippen MR) is 34.1 cm³/mol. The van der Waals surface area contributed by atoms with Gasteiger partial charge in [-0.2, -0.15) is 5.10 Å². The van der Waals surface area contributed by atoms with Gasteiger partial charge in [0.1, 0.15) is 6.20 Å². The molecule has 1 radical (unpaired) electrons. The number of rotatable bonds is 0. The first-order chi connectivity index (χ1) is 4.38. The van der Waals surface area contributed by atoms with Gasteiger partial charge >= 0.3 is 0 Å². The summed E-state index contributed by atoms with van der Waals surface area (Å²) in [5.41, 5.74) is 2.72. The molecule has 0 saturated heterocycles. The molecular formula is C7H9N2. The fourth-order valence-electron chi connectivity index (χ4n) is 1.40. The quantitative estimate of drug-likeness (QED) is 0.494. The van der Waals surface area contributed by atoms with Crippen LogP contribution in [0.4, 0.5) is 0 Å². The molecule has 0 amide bonds. The van der Waals surface area contributed by atoms with Gasteiger partial charge in [0, 0.05) is 18.3 Å². The number of aromatic nitrogens is 2. The van der Waals surface area contributed by atoms with Crippen molar-refractivity contribution < 1.29 is 0 Å². The molecular weight excluding hydrogens is 112 g/mol. The molecule has 9 heavy (non-hydrogen) atoms. The third kappa shape index (κ3) is 0.590. The van der Waals surface area contributed by atoms with Crippen molar-refractivity contribution >= 4 is 0 Å². The summed E-state index contributed by atoms with van der Waals surface area (Å²) in [6, 6.07) is 0. The Morgan fingerprint density at radius 2 is 2.44 bits per heavy atom. The second-order valence-electron chi connectivity index (χ2n) is 2.51. The van der Waals surface area contributed by atoms with Gasteiger partial charge in [0.15, 0.2) is 0 Å². The van der Waals surface area contributed by atoms with Crippen molar-refractivity contribution in [1.29, 1.82) is 0 Å². The summed E-state index contributed by atoms with van der Waals surface area (Å²) < 4.78 is 1.93. The number of hydrogen-bond acceptors (Lipinski definition) is 1. The maximum atomic E-state index is 4.03. The molecule has 1 aromatic rings. The summed E-state index contributed by atoms with van der Waals surface area (Å²) in [6.45, 7) is 0. The molecule has 2 rings (SSSR count). The van der Waals surface area contributed by atoms with Crippen LogP contribution in [-0.4, -0.2) is 9.78 Å². The zero-order chi connectivity index (χ0) is 6.27. The first-order valence-electron chi connectivity index (χ1n) is 3.30. The van der Waals surface area contributed by atoms with Crippen LogP contribution in [0.25, 0.3) is 0 Å². The Balaban J connectivity index is 2.56. The standard InChI is InChI=1S/C7H9N2/c1-9-7-4-2-3-6(7)5-8-9/h2-4H2,1H3. The molecule has 47 valence electrons. The van der Waals surface area contributed by atoms with Crippen molar-refractivity contribution in [3.8, 4) is 0 Å². The molecule has 2 heteroatoms. The molecule has 0 N–H and O–H groups in total. The fourth-order valence-corrected chi connectivity index (χ4v) is 1.40. The normalized spacial score (nSPS) is 16.1. The zero-order valence-electron chi connectivity index (χ0n) is 5.52. The summed E-state index contributed by atoms with van der Waals surface area (Å²) >= 11 is 0. The van der Waals surface area contributed by atoms with E-state index < -0.39 is 0 Å². The third-order valence-corrected chi connectivity index (χ3v) is 1.91. The average molecular weight is 121 g/mol. The van der Waals surface area contributed by atoms with Crippen LogP contribution in [0, 0.1) is 6.20 Å². The smallest absolute Gasteiger partial charge is 0.116 e. The van der Waals surface area contributed by atoms with Crippen LogP contribution in [0.3, 0.4) is 0 Å². The van der Waals surface area contributed by atoms with Gasteiger partial charge in [-0.1, -0.05) is 0 Å². The van der Waals surface area contributed by atoms with Crippen molar-refractivity contribution in [3.05, 3.63) is 17.5 Å². The molecule has 1 aliphatic carbocycles. The van der Waals surface area contributed by atoms with E-state index in [0.717, 1.165) is 0 Å². The summed E-state index contributed by atoms with van der Waals surface area (Å²) in [4.78, 5) is 0. The Labute approximate surface area is 54.5 Å². The minimum atomic E-state index is 1.18. The molecule has 1 aromatic heterocycles. The van der Waals surface area contributed by atoms with Crippen LogP contribution < -0.4 is 0 Å². The summed E-state index contributed by atoms with van der Waals surface area (Å²) in [5.74, 6) is 0. The van der Waals surface area contributed by atoms with E-state index in [2.05, 4.69) is 11.3 Å². The molecule has 0 bridgehead atoms. The minimum Gasteiger partial charge on any atom is -0.272 e. The number of hydrogen-bond donors (Lipinski definition) is 0. The van der Waals surface area contributed by atoms with Gasteiger partial charge in [0.2, 0.25) is 0 Å². The van der Waals surface area contributed by atoms with Gasteiger partial charge < -0.3 is 0 Å². The van der Waals surface area contributed by atoms with Crippen molar-refractivity contribution in [2.45, 2.75) is 19.3 Å². The molecule has 0 unspecified atom stereocenters. The maximum Gasteiger partial charge on any atom is 0.116 e. The van der Waals surface area contributed by atoms with Crippen LogP contribution in [-0.2, 0) is 19.9 Å². The van der Waals surface area contributed by atoms with E-state index in [4.69, 9.17) is 0 Å². The van der Waals surface area contributed by atoms with Gasteiger partial charge in [-0.3, -0.25) is 4.68 Å². The predicted octanol–water partition coefficient (Wildman–Crippen LogP) is 0.709. The highest BCUT2D eigenvalue weighted by molar-refractivity contribution is 5.21. The van der Waals surface area contributed by atoms with Gasteiger partial charge in [-0.05, 0) is 19.3 Å². The van der Waals surface area contributed by atoms with Crippen LogP contribution >= 0.6 is 0 Å². The number of aryl methyl sites for hydroxylation is 2. The van der Waals surface area contributed by atoms with Gasteiger partial charge in [0.05, 0.1) is 0 Å². The van der Waals surface area contributed by atoms with E-state index in [1.807, 2.05) is 11.7 Å². The van der Waals surface area contributed by atoms with E-state index in [9.17, 15) is 0 Å². The summed E-state index contributed by atoms with van der Waals surface area (Å²) in [7, 11) is 1.99. The second-order valence-corrected chi connectivity index (χ2v) is 2.51. The Morgan fingerprint density at radius 1 is 1.56 bits per heavy atom. The van der Waals surface area contributed by atoms with E-state index in [1.54, 1.807) is 0 Å². The first-order valence-corrected chi connectivity index (χ1v) is 3.30. The van der Waals surface area contributed by atoms with Gasteiger partial charge in [-0.15, -0.1) is 0 Å². The molecule has 1 heterocycles. The summed E-state index contributed by atoms with van der Waals surface area (Å²) in [6.07, 6.45) is 6.67. The highest BCUT2D eigenvalue weighted by Crippen LogP contribution is 2.19. The van der Waals surface area contributed by atoms with Crippen LogP contribution in [0.1, 0.15) is 17.7 Å². The molecule has 2 nitrogen and oxygen atoms in total. The Bertz CT molecular complexity index is 225. The lowest BCUT2D eigenvalue weighted by Crippen LogP contribution is -1.94. The maximum absolute atomic E-state index is 4.03. The minimum absolute atomic E-state index is 1.18. The van der Waals surface area contributed by atoms with Crippen LogP contribution in [0.5, 0.6) is 0 Å². The topological polar surface area (TPSA) is 17.8 Å². The van der Waals surface area contributed by atoms with Crippen molar-refractivity contribution in [1.82, 2.24) is 9.78 Å². The molecule has 0 fully saturated rings. The molecule has 0 aliphatic heterocycles. The Morgan fingerprint density at radius 3 is 3.22 bits per heavy atom. The lowest BCUT2D eigenvalue weighted by atomic mass is 10.3. The average Bonchev–Trinajstić information content (AvgIpc) is 2.35. The lowest BCUT2D eigenvalue weighted by Gasteiger charge is -1.92.